The molecule has 0 aliphatic carbocycles. The van der Waals surface area contributed by atoms with Crippen molar-refractivity contribution in [1.29, 1.82) is 0 Å². The van der Waals surface area contributed by atoms with E-state index in [0.717, 1.165) is 22.0 Å². The highest BCUT2D eigenvalue weighted by atomic mass is 32.2. The van der Waals surface area contributed by atoms with Crippen molar-refractivity contribution in [2.24, 2.45) is 5.92 Å². The number of carbonyl (C=O) groups excluding carboxylic acids is 1. The van der Waals surface area contributed by atoms with Gasteiger partial charge in [-0.25, -0.2) is 21.2 Å². The maximum absolute atomic E-state index is 13.5. The number of anilines is 1. The average Bonchev–Trinajstić information content (AvgIpc) is 3.00. The Morgan fingerprint density at radius 3 is 2.30 bits per heavy atom. The van der Waals surface area contributed by atoms with Crippen LogP contribution in [0, 0.1) is 18.7 Å². The fourth-order valence-corrected chi connectivity index (χ4v) is 7.01. The van der Waals surface area contributed by atoms with Crippen LogP contribution in [0.5, 0.6) is 5.75 Å². The summed E-state index contributed by atoms with van der Waals surface area (Å²) in [5, 5.41) is 9.86. The van der Waals surface area contributed by atoms with E-state index in [4.69, 9.17) is 4.74 Å². The normalized spacial score (nSPS) is 18.7. The molecule has 43 heavy (non-hydrogen) atoms. The van der Waals surface area contributed by atoms with E-state index < -0.39 is 38.0 Å². The highest BCUT2D eigenvalue weighted by Gasteiger charge is 2.33. The number of hydrogen-bond acceptors (Lipinski definition) is 7. The number of carbonyl (C=O) groups is 1. The molecule has 4 rings (SSSR count). The summed E-state index contributed by atoms with van der Waals surface area (Å²) in [5.41, 5.74) is 1.53. The molecule has 0 aromatic heterocycles. The van der Waals surface area contributed by atoms with Gasteiger partial charge in [0.05, 0.1) is 35.4 Å². The van der Waals surface area contributed by atoms with Crippen LogP contribution >= 0.6 is 0 Å². The second kappa shape index (κ2) is 13.0. The molecule has 3 aromatic carbocycles. The van der Waals surface area contributed by atoms with Gasteiger partial charge in [0.1, 0.15) is 17.7 Å². The quantitative estimate of drug-likeness (QED) is 0.369. The van der Waals surface area contributed by atoms with Gasteiger partial charge in [0.25, 0.3) is 10.0 Å². The first-order chi connectivity index (χ1) is 20.2. The number of amides is 1. The lowest BCUT2D eigenvalue weighted by atomic mass is 10.0. The van der Waals surface area contributed by atoms with Crippen molar-refractivity contribution in [2.45, 2.75) is 49.1 Å². The van der Waals surface area contributed by atoms with E-state index in [1.54, 1.807) is 25.1 Å². The predicted octanol–water partition coefficient (Wildman–Crippen LogP) is 3.40. The summed E-state index contributed by atoms with van der Waals surface area (Å²) in [6.07, 6.45) is -0.878. The summed E-state index contributed by atoms with van der Waals surface area (Å²) in [6.45, 7) is 5.17. The molecule has 10 nitrogen and oxygen atoms in total. The van der Waals surface area contributed by atoms with E-state index in [1.807, 2.05) is 13.8 Å². The Balaban J connectivity index is 1.68. The van der Waals surface area contributed by atoms with Crippen molar-refractivity contribution in [1.82, 2.24) is 9.21 Å². The number of benzene rings is 3. The number of likely N-dealkylation sites (N-methyl/N-ethyl adjacent to an activating group) is 1. The van der Waals surface area contributed by atoms with Crippen molar-refractivity contribution in [3.05, 3.63) is 83.7 Å². The molecule has 1 aliphatic rings. The summed E-state index contributed by atoms with van der Waals surface area (Å²) in [7, 11) is -6.52. The van der Waals surface area contributed by atoms with Crippen molar-refractivity contribution in [2.75, 3.05) is 31.5 Å². The molecule has 0 radical (unpaired) electrons. The van der Waals surface area contributed by atoms with Crippen LogP contribution in [0.4, 0.5) is 10.1 Å². The standard InChI is InChI=1S/C30H36FN3O7S2/c1-20-5-10-26(11-6-20)42(37,38)32-25-9-14-28-23(15-25)16-30(36)34(22(3)19-35)17-21(2)29(41-28)18-33(4)43(39,40)27-12-7-24(31)8-13-27/h5-15,21-22,29,32,35H,16-19H2,1-4H3/t21-,22+,29-/m0/s1. The topological polar surface area (TPSA) is 133 Å². The monoisotopic (exact) mass is 633 g/mol. The van der Waals surface area contributed by atoms with Crippen LogP contribution in [-0.2, 0) is 31.3 Å². The van der Waals surface area contributed by atoms with Crippen LogP contribution in [-0.4, -0.2) is 75.9 Å². The van der Waals surface area contributed by atoms with E-state index in [2.05, 4.69) is 4.72 Å². The van der Waals surface area contributed by atoms with Crippen molar-refractivity contribution in [3.63, 3.8) is 0 Å². The molecule has 1 aliphatic heterocycles. The molecular weight excluding hydrogens is 597 g/mol. The number of aryl methyl sites for hydroxylation is 1. The molecule has 232 valence electrons. The van der Waals surface area contributed by atoms with Gasteiger partial charge in [0.15, 0.2) is 0 Å². The molecule has 0 bridgehead atoms. The van der Waals surface area contributed by atoms with Gasteiger partial charge >= 0.3 is 0 Å². The zero-order valence-electron chi connectivity index (χ0n) is 24.4. The van der Waals surface area contributed by atoms with Gasteiger partial charge in [-0.2, -0.15) is 4.31 Å². The van der Waals surface area contributed by atoms with Gasteiger partial charge in [0.2, 0.25) is 15.9 Å². The second-order valence-electron chi connectivity index (χ2n) is 10.9. The third-order valence-corrected chi connectivity index (χ3v) is 10.7. The van der Waals surface area contributed by atoms with E-state index in [0.29, 0.717) is 11.3 Å². The van der Waals surface area contributed by atoms with Gasteiger partial charge in [0, 0.05) is 30.8 Å². The predicted molar refractivity (Wildman–Crippen MR) is 160 cm³/mol. The summed E-state index contributed by atoms with van der Waals surface area (Å²) in [5.74, 6) is -0.941. The maximum atomic E-state index is 13.5. The molecule has 1 heterocycles. The van der Waals surface area contributed by atoms with Crippen LogP contribution in [0.25, 0.3) is 0 Å². The summed E-state index contributed by atoms with van der Waals surface area (Å²) in [4.78, 5) is 15.0. The second-order valence-corrected chi connectivity index (χ2v) is 14.6. The number of rotatable bonds is 9. The van der Waals surface area contributed by atoms with Gasteiger partial charge < -0.3 is 14.7 Å². The summed E-state index contributed by atoms with van der Waals surface area (Å²) < 4.78 is 76.0. The third kappa shape index (κ3) is 7.53. The molecule has 0 saturated heterocycles. The van der Waals surface area contributed by atoms with E-state index >= 15 is 0 Å². The number of ether oxygens (including phenoxy) is 1. The molecule has 0 fully saturated rings. The number of hydrogen-bond donors (Lipinski definition) is 2. The molecule has 0 spiro atoms. The third-order valence-electron chi connectivity index (χ3n) is 7.46. The number of fused-ring (bicyclic) bond motifs is 1. The number of nitrogens with zero attached hydrogens (tertiary/aromatic N) is 2. The molecule has 1 amide bonds. The Kier molecular flexibility index (Phi) is 9.79. The van der Waals surface area contributed by atoms with Crippen molar-refractivity contribution >= 4 is 31.6 Å². The van der Waals surface area contributed by atoms with Crippen molar-refractivity contribution < 1.29 is 35.9 Å². The first kappa shape index (κ1) is 32.4. The van der Waals surface area contributed by atoms with E-state index in [-0.39, 0.29) is 53.4 Å². The molecule has 0 saturated carbocycles. The van der Waals surface area contributed by atoms with E-state index in [1.165, 1.54) is 48.3 Å². The van der Waals surface area contributed by atoms with Crippen LogP contribution in [0.3, 0.4) is 0 Å². The molecule has 3 aromatic rings. The highest BCUT2D eigenvalue weighted by molar-refractivity contribution is 7.92. The lowest BCUT2D eigenvalue weighted by molar-refractivity contribution is -0.134. The van der Waals surface area contributed by atoms with Gasteiger partial charge in [-0.3, -0.25) is 9.52 Å². The number of aliphatic hydroxyl groups excluding tert-OH is 1. The molecule has 13 heteroatoms. The Morgan fingerprint density at radius 2 is 1.67 bits per heavy atom. The molecule has 2 N–H and O–H groups in total. The minimum Gasteiger partial charge on any atom is -0.488 e. The zero-order chi connectivity index (χ0) is 31.5. The van der Waals surface area contributed by atoms with Crippen LogP contribution < -0.4 is 9.46 Å². The van der Waals surface area contributed by atoms with Gasteiger partial charge in [-0.1, -0.05) is 24.6 Å². The number of halogens is 1. The Hall–Kier alpha value is -3.52. The van der Waals surface area contributed by atoms with E-state index in [9.17, 15) is 31.1 Å². The summed E-state index contributed by atoms with van der Waals surface area (Å²) in [6, 6.07) is 15.0. The SMILES string of the molecule is Cc1ccc(S(=O)(=O)Nc2ccc3c(c2)CC(=O)N([C@H](C)CO)C[C@H](C)[C@H](CN(C)S(=O)(=O)c2ccc(F)cc2)O3)cc1. The highest BCUT2D eigenvalue weighted by Crippen LogP contribution is 2.30. The molecule has 3 atom stereocenters. The van der Waals surface area contributed by atoms with Crippen molar-refractivity contribution in [3.8, 4) is 5.75 Å². The largest absolute Gasteiger partial charge is 0.488 e. The average molecular weight is 634 g/mol. The Morgan fingerprint density at radius 1 is 1.05 bits per heavy atom. The Labute approximate surface area is 252 Å². The van der Waals surface area contributed by atoms with Crippen LogP contribution in [0.15, 0.2) is 76.5 Å². The summed E-state index contributed by atoms with van der Waals surface area (Å²) >= 11 is 0. The van der Waals surface area contributed by atoms with Gasteiger partial charge in [-0.05, 0) is 68.4 Å². The smallest absolute Gasteiger partial charge is 0.261 e. The van der Waals surface area contributed by atoms with Crippen LogP contribution in [0.2, 0.25) is 0 Å². The van der Waals surface area contributed by atoms with Crippen LogP contribution in [0.1, 0.15) is 25.0 Å². The number of sulfonamides is 2. The zero-order valence-corrected chi connectivity index (χ0v) is 26.0. The molecular formula is C30H36FN3O7S2. The minimum atomic E-state index is -4.00. The maximum Gasteiger partial charge on any atom is 0.261 e. The lowest BCUT2D eigenvalue weighted by Gasteiger charge is -2.33. The fourth-order valence-electron chi connectivity index (χ4n) is 4.78. The molecule has 0 unspecified atom stereocenters. The number of nitrogens with one attached hydrogen (secondary N) is 1. The lowest BCUT2D eigenvalue weighted by Crippen LogP contribution is -2.48. The first-order valence-corrected chi connectivity index (χ1v) is 16.6. The number of aliphatic hydroxyl groups is 1. The fraction of sp³-hybridized carbons (Fsp3) is 0.367. The first-order valence-electron chi connectivity index (χ1n) is 13.7. The Bertz CT molecular complexity index is 1660. The van der Waals surface area contributed by atoms with Gasteiger partial charge in [-0.15, -0.1) is 0 Å². The minimum absolute atomic E-state index is 0.0798.